The highest BCUT2D eigenvalue weighted by Crippen LogP contribution is 2.46. The largest absolute Gasteiger partial charge is 0.0966 e. The van der Waals surface area contributed by atoms with Crippen molar-refractivity contribution in [1.82, 2.24) is 0 Å². The van der Waals surface area contributed by atoms with Crippen molar-refractivity contribution in [2.24, 2.45) is 0 Å². The summed E-state index contributed by atoms with van der Waals surface area (Å²) >= 11 is 0. The van der Waals surface area contributed by atoms with E-state index in [0.29, 0.717) is 0 Å². The van der Waals surface area contributed by atoms with E-state index in [1.165, 1.54) is 141 Å². The van der Waals surface area contributed by atoms with Gasteiger partial charge in [0, 0.05) is 0 Å². The fourth-order valence-electron chi connectivity index (χ4n) is 4.92. The maximum atomic E-state index is 4.90. The molecule has 0 spiro atoms. The first kappa shape index (κ1) is 29.6. The lowest BCUT2D eigenvalue weighted by Crippen LogP contribution is -2.11. The first-order chi connectivity index (χ1) is 15.7. The van der Waals surface area contributed by atoms with Gasteiger partial charge in [0.1, 0.15) is 0 Å². The summed E-state index contributed by atoms with van der Waals surface area (Å²) in [5.41, 5.74) is 0. The SMILES string of the molecule is C=P(CCCCCCCCCCCC)(CCCCCCCCCCCC)c1ccccc1. The molecule has 0 nitrogen and oxygen atoms in total. The van der Waals surface area contributed by atoms with Crippen LogP contribution in [0.4, 0.5) is 0 Å². The summed E-state index contributed by atoms with van der Waals surface area (Å²) in [5, 5.41) is 1.58. The molecule has 0 aliphatic heterocycles. The van der Waals surface area contributed by atoms with E-state index in [4.69, 9.17) is 6.30 Å². The van der Waals surface area contributed by atoms with E-state index >= 15 is 0 Å². The molecule has 0 amide bonds. The fraction of sp³-hybridized carbons (Fsp3) is 0.774. The molecule has 0 atom stereocenters. The van der Waals surface area contributed by atoms with Crippen LogP contribution in [-0.4, -0.2) is 18.6 Å². The van der Waals surface area contributed by atoms with Crippen molar-refractivity contribution in [2.45, 2.75) is 142 Å². The summed E-state index contributed by atoms with van der Waals surface area (Å²) in [7, 11) is 0. The van der Waals surface area contributed by atoms with Crippen molar-refractivity contribution in [3.63, 3.8) is 0 Å². The predicted octanol–water partition coefficient (Wildman–Crippen LogP) is 10.6. The van der Waals surface area contributed by atoms with E-state index < -0.39 is 6.89 Å². The average molecular weight is 461 g/mol. The van der Waals surface area contributed by atoms with Crippen molar-refractivity contribution in [3.05, 3.63) is 30.3 Å². The highest BCUT2D eigenvalue weighted by molar-refractivity contribution is 7.80. The van der Waals surface area contributed by atoms with E-state index in [0.717, 1.165) is 0 Å². The monoisotopic (exact) mass is 460 g/mol. The first-order valence-electron chi connectivity index (χ1n) is 14.5. The summed E-state index contributed by atoms with van der Waals surface area (Å²) in [6, 6.07) is 11.4. The van der Waals surface area contributed by atoms with Crippen LogP contribution in [0, 0.1) is 0 Å². The molecule has 1 aromatic rings. The van der Waals surface area contributed by atoms with Crippen LogP contribution < -0.4 is 5.30 Å². The molecule has 0 fully saturated rings. The Labute approximate surface area is 203 Å². The Balaban J connectivity index is 2.21. The van der Waals surface area contributed by atoms with Crippen molar-refractivity contribution < 1.29 is 0 Å². The molecule has 0 bridgehead atoms. The molecule has 0 aromatic heterocycles. The van der Waals surface area contributed by atoms with Gasteiger partial charge in [-0.05, 0) is 30.5 Å². The fourth-order valence-corrected chi connectivity index (χ4v) is 8.12. The summed E-state index contributed by atoms with van der Waals surface area (Å²) in [5.74, 6) is 0. The Hall–Kier alpha value is -0.480. The van der Waals surface area contributed by atoms with Crippen LogP contribution >= 0.6 is 6.89 Å². The van der Waals surface area contributed by atoms with Gasteiger partial charge in [0.25, 0.3) is 0 Å². The average Bonchev–Trinajstić information content (AvgIpc) is 2.82. The Bertz CT molecular complexity index is 519. The zero-order chi connectivity index (χ0) is 23.2. The summed E-state index contributed by atoms with van der Waals surface area (Å²) in [6.07, 6.45) is 36.2. The highest BCUT2D eigenvalue weighted by atomic mass is 31.2. The van der Waals surface area contributed by atoms with Crippen LogP contribution in [0.3, 0.4) is 0 Å². The molecule has 0 heterocycles. The number of hydrogen-bond donors (Lipinski definition) is 0. The van der Waals surface area contributed by atoms with Gasteiger partial charge in [-0.1, -0.05) is 173 Å². The molecule has 0 radical (unpaired) electrons. The van der Waals surface area contributed by atoms with Gasteiger partial charge in [0.15, 0.2) is 0 Å². The molecule has 1 heteroatoms. The van der Waals surface area contributed by atoms with E-state index in [2.05, 4.69) is 44.2 Å². The number of unbranched alkanes of at least 4 members (excludes halogenated alkanes) is 18. The molecule has 0 saturated carbocycles. The third kappa shape index (κ3) is 15.4. The Morgan fingerprint density at radius 3 is 1.12 bits per heavy atom. The lowest BCUT2D eigenvalue weighted by atomic mass is 10.1. The maximum Gasteiger partial charge on any atom is -0.0250 e. The Morgan fingerprint density at radius 2 is 0.781 bits per heavy atom. The minimum absolute atomic E-state index is 1.22. The summed E-state index contributed by atoms with van der Waals surface area (Å²) < 4.78 is 0. The molecule has 1 aromatic carbocycles. The van der Waals surface area contributed by atoms with Crippen LogP contribution in [0.1, 0.15) is 142 Å². The quantitative estimate of drug-likeness (QED) is 0.112. The van der Waals surface area contributed by atoms with Crippen LogP contribution in [-0.2, 0) is 0 Å². The molecule has 0 aliphatic rings. The van der Waals surface area contributed by atoms with E-state index in [1.807, 2.05) is 0 Å². The topological polar surface area (TPSA) is 0 Å². The first-order valence-corrected chi connectivity index (χ1v) is 16.8. The zero-order valence-corrected chi connectivity index (χ0v) is 23.0. The summed E-state index contributed by atoms with van der Waals surface area (Å²) in [6.45, 7) is 3.39. The minimum Gasteiger partial charge on any atom is -0.0966 e. The maximum absolute atomic E-state index is 4.90. The van der Waals surface area contributed by atoms with Crippen molar-refractivity contribution >= 4 is 18.5 Å². The molecule has 186 valence electrons. The molecule has 0 aliphatic carbocycles. The number of rotatable bonds is 23. The molecule has 0 unspecified atom stereocenters. The van der Waals surface area contributed by atoms with Gasteiger partial charge < -0.3 is 0 Å². The van der Waals surface area contributed by atoms with Gasteiger partial charge in [-0.15, -0.1) is 0 Å². The molecule has 0 N–H and O–H groups in total. The van der Waals surface area contributed by atoms with Crippen LogP contribution in [0.15, 0.2) is 30.3 Å². The lowest BCUT2D eigenvalue weighted by molar-refractivity contribution is 0.561. The van der Waals surface area contributed by atoms with Gasteiger partial charge >= 0.3 is 0 Å². The normalized spacial score (nSPS) is 11.8. The Kier molecular flexibility index (Phi) is 19.5. The van der Waals surface area contributed by atoms with Gasteiger partial charge in [-0.3, -0.25) is 0 Å². The third-order valence-electron chi connectivity index (χ3n) is 7.18. The molecule has 32 heavy (non-hydrogen) atoms. The molecule has 0 saturated heterocycles. The van der Waals surface area contributed by atoms with Crippen molar-refractivity contribution in [2.75, 3.05) is 12.3 Å². The van der Waals surface area contributed by atoms with E-state index in [1.54, 1.807) is 5.30 Å². The molecular formula is C31H57P. The molecule has 1 rings (SSSR count). The smallest absolute Gasteiger partial charge is 0.0250 e. The second-order valence-corrected chi connectivity index (χ2v) is 14.0. The Morgan fingerprint density at radius 1 is 0.469 bits per heavy atom. The van der Waals surface area contributed by atoms with E-state index in [-0.39, 0.29) is 0 Å². The zero-order valence-electron chi connectivity index (χ0n) is 22.1. The lowest BCUT2D eigenvalue weighted by Gasteiger charge is -2.25. The van der Waals surface area contributed by atoms with Gasteiger partial charge in [-0.2, -0.15) is 0 Å². The van der Waals surface area contributed by atoms with E-state index in [9.17, 15) is 0 Å². The summed E-state index contributed by atoms with van der Waals surface area (Å²) in [4.78, 5) is 0. The van der Waals surface area contributed by atoms with Crippen LogP contribution in [0.25, 0.3) is 0 Å². The molecular weight excluding hydrogens is 403 g/mol. The predicted molar refractivity (Wildman–Crippen MR) is 154 cm³/mol. The van der Waals surface area contributed by atoms with Gasteiger partial charge in [-0.25, -0.2) is 0 Å². The standard InChI is InChI=1S/C31H57P/c1-4-6-8-10-12-14-16-18-20-25-29-32(3,31-27-23-22-24-28-31)30-26-21-19-17-15-13-11-9-7-5-2/h22-24,27-28H,3-21,25-26,29-30H2,1-2H3. The van der Waals surface area contributed by atoms with Gasteiger partial charge in [0.2, 0.25) is 0 Å². The van der Waals surface area contributed by atoms with Crippen LogP contribution in [0.2, 0.25) is 0 Å². The second kappa shape index (κ2) is 21.1. The van der Waals surface area contributed by atoms with Gasteiger partial charge in [0.05, 0.1) is 0 Å². The second-order valence-electron chi connectivity index (χ2n) is 10.3. The van der Waals surface area contributed by atoms with Crippen molar-refractivity contribution in [1.29, 1.82) is 0 Å². The minimum atomic E-state index is -1.22. The van der Waals surface area contributed by atoms with Crippen LogP contribution in [0.5, 0.6) is 0 Å². The third-order valence-corrected chi connectivity index (χ3v) is 10.9. The van der Waals surface area contributed by atoms with Crippen molar-refractivity contribution in [3.8, 4) is 0 Å². The number of benzene rings is 1. The number of hydrogen-bond acceptors (Lipinski definition) is 0. The highest BCUT2D eigenvalue weighted by Gasteiger charge is 2.16.